The highest BCUT2D eigenvalue weighted by atomic mass is 19.4. The number of carbonyl (C=O) groups is 1. The number of piperazine rings is 1. The highest BCUT2D eigenvalue weighted by Crippen LogP contribution is 2.48. The Morgan fingerprint density at radius 1 is 0.971 bits per heavy atom. The first kappa shape index (κ1) is 48.4. The number of fused-ring (bicyclic) bond motifs is 2. The molecule has 4 aliphatic rings. The van der Waals surface area contributed by atoms with Crippen LogP contribution in [0.25, 0.3) is 21.7 Å². The number of amides is 1. The van der Waals surface area contributed by atoms with Gasteiger partial charge in [0.2, 0.25) is 5.91 Å². The molecule has 1 saturated carbocycles. The molecule has 2 aromatic heterocycles. The SMILES string of the molecule is COc1cc2nc(C)nc(N[C@H](C)c3cc(N)cc(C(F)(F)F)c3)c2cc1OCC1(CN(C)C(=O)CN2CCC(CN3CCN(c4ccc5c(O)n(C6CCC(O)NC6O)cc5c4)CC3)CC2)CC1. The molecule has 0 bridgehead atoms. The number of alkyl halides is 3. The van der Waals surface area contributed by atoms with E-state index in [0.717, 1.165) is 100 Å². The zero-order valence-corrected chi connectivity index (χ0v) is 39.8. The molecule has 4 fully saturated rings. The van der Waals surface area contributed by atoms with Crippen molar-refractivity contribution < 1.29 is 42.8 Å². The fourth-order valence-electron chi connectivity index (χ4n) is 10.4. The number of anilines is 3. The fourth-order valence-corrected chi connectivity index (χ4v) is 10.4. The van der Waals surface area contributed by atoms with Gasteiger partial charge in [0.15, 0.2) is 17.4 Å². The predicted octanol–water partition coefficient (Wildman–Crippen LogP) is 6.09. The molecular weight excluding hydrogens is 894 g/mol. The Morgan fingerprint density at radius 2 is 1.72 bits per heavy atom. The summed E-state index contributed by atoms with van der Waals surface area (Å²) in [6.07, 6.45) is 0.629. The van der Waals surface area contributed by atoms with Gasteiger partial charge in [-0.15, -0.1) is 0 Å². The number of aromatic hydroxyl groups is 1. The largest absolute Gasteiger partial charge is 0.494 e. The van der Waals surface area contributed by atoms with E-state index in [9.17, 15) is 33.3 Å². The van der Waals surface area contributed by atoms with Crippen molar-refractivity contribution in [1.29, 1.82) is 0 Å². The molecule has 1 amide bonds. The number of halogens is 3. The Hall–Kier alpha value is -5.60. The maximum Gasteiger partial charge on any atom is 0.416 e. The van der Waals surface area contributed by atoms with Gasteiger partial charge in [0.25, 0.3) is 0 Å². The zero-order chi connectivity index (χ0) is 48.8. The summed E-state index contributed by atoms with van der Waals surface area (Å²) >= 11 is 0. The molecule has 4 atom stereocenters. The number of aromatic nitrogens is 3. The van der Waals surface area contributed by atoms with Crippen LogP contribution in [0.2, 0.25) is 0 Å². The van der Waals surface area contributed by atoms with E-state index in [0.29, 0.717) is 78.1 Å². The molecule has 3 aromatic carbocycles. The van der Waals surface area contributed by atoms with E-state index in [1.165, 1.54) is 6.07 Å². The van der Waals surface area contributed by atoms with Gasteiger partial charge in [0.1, 0.15) is 24.1 Å². The lowest BCUT2D eigenvalue weighted by molar-refractivity contribution is -0.137. The lowest BCUT2D eigenvalue weighted by Crippen LogP contribution is -2.49. The summed E-state index contributed by atoms with van der Waals surface area (Å²) in [5.74, 6) is 2.66. The third kappa shape index (κ3) is 10.9. The van der Waals surface area contributed by atoms with Crippen LogP contribution in [0, 0.1) is 18.3 Å². The smallest absolute Gasteiger partial charge is 0.416 e. The fraction of sp³-hybridized carbons (Fsp3) is 0.540. The molecule has 372 valence electrons. The number of nitrogens with two attached hydrogens (primary N) is 1. The molecule has 9 rings (SSSR count). The number of piperidine rings is 2. The summed E-state index contributed by atoms with van der Waals surface area (Å²) in [6, 6.07) is 12.3. The molecule has 3 saturated heterocycles. The molecule has 0 spiro atoms. The highest BCUT2D eigenvalue weighted by Gasteiger charge is 2.45. The van der Waals surface area contributed by atoms with E-state index >= 15 is 0 Å². The number of nitrogens with one attached hydrogen (secondary N) is 2. The number of nitrogens with zero attached hydrogens (tertiary/aromatic N) is 7. The van der Waals surface area contributed by atoms with Gasteiger partial charge < -0.3 is 50.2 Å². The number of rotatable bonds is 15. The summed E-state index contributed by atoms with van der Waals surface area (Å²) in [5, 5.41) is 39.7. The van der Waals surface area contributed by atoms with Crippen molar-refractivity contribution >= 4 is 44.8 Å². The van der Waals surface area contributed by atoms with Gasteiger partial charge in [0, 0.05) is 91.5 Å². The van der Waals surface area contributed by atoms with Gasteiger partial charge in [-0.2, -0.15) is 13.2 Å². The van der Waals surface area contributed by atoms with Crippen LogP contribution in [0.1, 0.15) is 74.5 Å². The Kier molecular flexibility index (Phi) is 13.8. The molecule has 16 nitrogen and oxygen atoms in total. The van der Waals surface area contributed by atoms with Crippen LogP contribution in [0.5, 0.6) is 17.4 Å². The first-order valence-electron chi connectivity index (χ1n) is 24.1. The van der Waals surface area contributed by atoms with Gasteiger partial charge in [-0.05, 0) is 119 Å². The zero-order valence-electron chi connectivity index (χ0n) is 39.8. The molecule has 3 aliphatic heterocycles. The summed E-state index contributed by atoms with van der Waals surface area (Å²) in [5.41, 5.74) is 6.92. The van der Waals surface area contributed by atoms with Crippen molar-refractivity contribution in [2.45, 2.75) is 83.1 Å². The molecule has 7 N–H and O–H groups in total. The van der Waals surface area contributed by atoms with E-state index in [-0.39, 0.29) is 28.9 Å². The molecular formula is C50H65F3N10O6. The summed E-state index contributed by atoms with van der Waals surface area (Å²) in [7, 11) is 3.42. The number of nitrogen functional groups attached to an aromatic ring is 1. The number of benzene rings is 3. The topological polar surface area (TPSA) is 190 Å². The lowest BCUT2D eigenvalue weighted by Gasteiger charge is -2.39. The Morgan fingerprint density at radius 3 is 2.42 bits per heavy atom. The predicted molar refractivity (Wildman–Crippen MR) is 258 cm³/mol. The average Bonchev–Trinajstić information content (AvgIpc) is 4.01. The van der Waals surface area contributed by atoms with Crippen LogP contribution in [-0.2, 0) is 11.0 Å². The van der Waals surface area contributed by atoms with E-state index in [1.807, 2.05) is 24.2 Å². The van der Waals surface area contributed by atoms with Crippen LogP contribution in [0.15, 0.2) is 54.7 Å². The lowest BCUT2D eigenvalue weighted by atomic mass is 9.96. The van der Waals surface area contributed by atoms with Crippen molar-refractivity contribution in [2.75, 3.05) is 95.6 Å². The number of methoxy groups -OCH3 is 1. The van der Waals surface area contributed by atoms with Crippen LogP contribution in [0.4, 0.5) is 30.4 Å². The number of aliphatic hydroxyl groups excluding tert-OH is 2. The Balaban J connectivity index is 0.736. The number of likely N-dealkylation sites (tertiary alicyclic amines) is 1. The van der Waals surface area contributed by atoms with E-state index in [4.69, 9.17) is 15.2 Å². The third-order valence-corrected chi connectivity index (χ3v) is 14.7. The second-order valence-corrected chi connectivity index (χ2v) is 19.8. The van der Waals surface area contributed by atoms with Crippen LogP contribution in [-0.4, -0.2) is 143 Å². The van der Waals surface area contributed by atoms with Gasteiger partial charge in [-0.1, -0.05) is 0 Å². The normalized spacial score (nSPS) is 21.9. The number of likely N-dealkylation sites (N-methyl/N-ethyl adjacent to an activating group) is 1. The Labute approximate surface area is 400 Å². The Bertz CT molecular complexity index is 2650. The minimum atomic E-state index is -4.54. The molecule has 0 radical (unpaired) electrons. The molecule has 3 unspecified atom stereocenters. The number of carbonyl (C=O) groups excluding carboxylic acids is 1. The molecule has 19 heteroatoms. The van der Waals surface area contributed by atoms with Gasteiger partial charge >= 0.3 is 6.18 Å². The minimum Gasteiger partial charge on any atom is -0.494 e. The van der Waals surface area contributed by atoms with Crippen molar-refractivity contribution in [3.05, 3.63) is 71.7 Å². The second kappa shape index (κ2) is 19.7. The van der Waals surface area contributed by atoms with Crippen molar-refractivity contribution in [1.82, 2.24) is 34.6 Å². The summed E-state index contributed by atoms with van der Waals surface area (Å²) < 4.78 is 54.7. The monoisotopic (exact) mass is 959 g/mol. The van der Waals surface area contributed by atoms with Crippen molar-refractivity contribution in [2.24, 2.45) is 11.3 Å². The number of aliphatic hydroxyl groups is 2. The van der Waals surface area contributed by atoms with E-state index < -0.39 is 30.2 Å². The molecule has 5 aromatic rings. The summed E-state index contributed by atoms with van der Waals surface area (Å²) in [4.78, 5) is 31.9. The van der Waals surface area contributed by atoms with Crippen LogP contribution < -0.4 is 30.7 Å². The average molecular weight is 959 g/mol. The number of hydrogen-bond acceptors (Lipinski definition) is 14. The highest BCUT2D eigenvalue weighted by molar-refractivity contribution is 5.92. The van der Waals surface area contributed by atoms with Crippen LogP contribution >= 0.6 is 0 Å². The second-order valence-electron chi connectivity index (χ2n) is 19.8. The van der Waals surface area contributed by atoms with E-state index in [2.05, 4.69) is 47.4 Å². The molecule has 69 heavy (non-hydrogen) atoms. The maximum absolute atomic E-state index is 13.6. The van der Waals surface area contributed by atoms with Gasteiger partial charge in [-0.3, -0.25) is 19.9 Å². The number of hydrogen-bond donors (Lipinski definition) is 6. The first-order valence-corrected chi connectivity index (χ1v) is 24.1. The summed E-state index contributed by atoms with van der Waals surface area (Å²) in [6.45, 7) is 11.3. The van der Waals surface area contributed by atoms with E-state index in [1.54, 1.807) is 37.7 Å². The van der Waals surface area contributed by atoms with Crippen LogP contribution in [0.3, 0.4) is 0 Å². The number of ether oxygens (including phenoxy) is 2. The molecule has 5 heterocycles. The minimum absolute atomic E-state index is 0.0154. The van der Waals surface area contributed by atoms with Crippen molar-refractivity contribution in [3.63, 3.8) is 0 Å². The quantitative estimate of drug-likeness (QED) is 0.0661. The van der Waals surface area contributed by atoms with Gasteiger partial charge in [-0.25, -0.2) is 9.97 Å². The van der Waals surface area contributed by atoms with Gasteiger partial charge in [0.05, 0.1) is 43.4 Å². The van der Waals surface area contributed by atoms with Crippen molar-refractivity contribution in [3.8, 4) is 17.4 Å². The maximum atomic E-state index is 13.6. The first-order chi connectivity index (χ1) is 32.9. The standard InChI is InChI=1S/C50H65F3N10O6/c1-30(33-19-35(50(51,52)53)22-36(54)20-33)55-46-39-23-43(42(68-4)24-40(39)56-31(2)57-46)69-29-49(11-12-49)28-59(3)45(65)27-60-13-9-32(10-14-60)25-61-15-17-62(18-16-61)37-5-6-38-34(21-37)26-63(48(38)67)41-7-8-44(64)58-47(41)66/h5-6,19-24,26,30,32,41,44,47,58,64,66-67H,7-18,25,27-29,54H2,1-4H3,(H,55,56,57)/t30-,41?,44?,47?/m1/s1. The molecule has 1 aliphatic carbocycles. The number of aryl methyl sites for hydroxylation is 1. The third-order valence-electron chi connectivity index (χ3n) is 14.7.